The zero-order chi connectivity index (χ0) is 20.2. The van der Waals surface area contributed by atoms with Gasteiger partial charge in [0, 0.05) is 5.56 Å². The molecule has 4 nitrogen and oxygen atoms in total. The third-order valence-corrected chi connectivity index (χ3v) is 4.75. The molecule has 0 radical (unpaired) electrons. The van der Waals surface area contributed by atoms with Gasteiger partial charge in [-0.2, -0.15) is 18.3 Å². The number of hydrogen-bond acceptors (Lipinski definition) is 3. The van der Waals surface area contributed by atoms with Crippen LogP contribution in [0.1, 0.15) is 35.5 Å². The van der Waals surface area contributed by atoms with Crippen molar-refractivity contribution in [2.45, 2.75) is 19.1 Å². The van der Waals surface area contributed by atoms with Gasteiger partial charge in [-0.15, -0.1) is 0 Å². The van der Waals surface area contributed by atoms with Crippen LogP contribution >= 0.6 is 11.6 Å². The highest BCUT2D eigenvalue weighted by Crippen LogP contribution is 2.41. The summed E-state index contributed by atoms with van der Waals surface area (Å²) in [5, 5.41) is 3.30. The maximum absolute atomic E-state index is 14.5. The third kappa shape index (κ3) is 2.77. The quantitative estimate of drug-likeness (QED) is 0.520. The number of aliphatic imine (C=N–C) groups is 1. The largest absolute Gasteiger partial charge is 0.417 e. The van der Waals surface area contributed by atoms with Crippen molar-refractivity contribution >= 4 is 17.3 Å². The summed E-state index contributed by atoms with van der Waals surface area (Å²) in [7, 11) is 0. The van der Waals surface area contributed by atoms with E-state index in [-0.39, 0.29) is 17.0 Å². The molecule has 10 heteroatoms. The molecule has 0 saturated carbocycles. The van der Waals surface area contributed by atoms with Gasteiger partial charge in [-0.05, 0) is 31.2 Å². The fourth-order valence-electron chi connectivity index (χ4n) is 3.14. The molecule has 1 atom stereocenters. The van der Waals surface area contributed by atoms with Crippen molar-refractivity contribution in [2.24, 2.45) is 4.99 Å². The zero-order valence-electron chi connectivity index (χ0n) is 14.1. The van der Waals surface area contributed by atoms with Gasteiger partial charge in [0.05, 0.1) is 27.5 Å². The lowest BCUT2D eigenvalue weighted by Crippen LogP contribution is -2.16. The van der Waals surface area contributed by atoms with E-state index in [0.717, 1.165) is 30.3 Å². The molecule has 0 bridgehead atoms. The van der Waals surface area contributed by atoms with Gasteiger partial charge >= 0.3 is 6.18 Å². The van der Waals surface area contributed by atoms with Gasteiger partial charge in [-0.3, -0.25) is 4.99 Å². The average Bonchev–Trinajstić information content (AvgIpc) is 3.05. The second-order valence-corrected chi connectivity index (χ2v) is 6.48. The first-order valence-electron chi connectivity index (χ1n) is 8.02. The van der Waals surface area contributed by atoms with E-state index in [1.165, 1.54) is 11.0 Å². The van der Waals surface area contributed by atoms with Gasteiger partial charge in [0.2, 0.25) is 0 Å². The number of hydrogen-bond donors (Lipinski definition) is 0. The molecule has 0 N–H and O–H groups in total. The Morgan fingerprint density at radius 2 is 1.71 bits per heavy atom. The molecule has 4 rings (SSSR count). The summed E-state index contributed by atoms with van der Waals surface area (Å²) in [5.74, 6) is -1.65. The molecule has 144 valence electrons. The van der Waals surface area contributed by atoms with Crippen molar-refractivity contribution < 1.29 is 22.0 Å². The van der Waals surface area contributed by atoms with Crippen LogP contribution in [0.25, 0.3) is 5.69 Å². The standard InChI is InChI=1S/C18H10ClF5N4/c1-8-17-25-7-26-28(17)12-6-5-9(18(22,23)24)15(19)14(12)16(27-8)13-10(20)3-2-4-11(13)21/h2-8H,1H3. The Hall–Kier alpha value is -2.81. The number of aromatic nitrogens is 3. The highest BCUT2D eigenvalue weighted by atomic mass is 35.5. The molecule has 1 aliphatic heterocycles. The van der Waals surface area contributed by atoms with E-state index in [4.69, 9.17) is 11.6 Å². The Bertz CT molecular complexity index is 1100. The van der Waals surface area contributed by atoms with Crippen LogP contribution in [0.2, 0.25) is 5.02 Å². The van der Waals surface area contributed by atoms with Gasteiger partial charge < -0.3 is 0 Å². The van der Waals surface area contributed by atoms with Crippen molar-refractivity contribution in [1.29, 1.82) is 0 Å². The lowest BCUT2D eigenvalue weighted by atomic mass is 9.97. The molecule has 1 aliphatic rings. The van der Waals surface area contributed by atoms with Crippen molar-refractivity contribution in [2.75, 3.05) is 0 Å². The SMILES string of the molecule is CC1N=C(c2c(F)cccc2F)c2c(ccc(C(F)(F)F)c2Cl)-n2ncnc21. The Morgan fingerprint density at radius 3 is 2.36 bits per heavy atom. The van der Waals surface area contributed by atoms with Crippen LogP contribution in [0.4, 0.5) is 22.0 Å². The highest BCUT2D eigenvalue weighted by Gasteiger charge is 2.38. The summed E-state index contributed by atoms with van der Waals surface area (Å²) in [6.45, 7) is 1.59. The molecule has 3 aromatic rings. The van der Waals surface area contributed by atoms with Crippen LogP contribution < -0.4 is 0 Å². The molecular formula is C18H10ClF5N4. The Kier molecular flexibility index (Phi) is 4.22. The number of nitrogens with zero attached hydrogens (tertiary/aromatic N) is 4. The van der Waals surface area contributed by atoms with E-state index in [0.29, 0.717) is 5.82 Å². The minimum atomic E-state index is -4.77. The predicted molar refractivity (Wildman–Crippen MR) is 91.8 cm³/mol. The molecule has 0 spiro atoms. The predicted octanol–water partition coefficient (Wildman–Crippen LogP) is 5.13. The van der Waals surface area contributed by atoms with Crippen LogP contribution in [-0.2, 0) is 6.18 Å². The maximum atomic E-state index is 14.5. The van der Waals surface area contributed by atoms with Crippen LogP contribution in [0, 0.1) is 11.6 Å². The van der Waals surface area contributed by atoms with Crippen molar-refractivity contribution in [3.05, 3.63) is 75.8 Å². The van der Waals surface area contributed by atoms with E-state index in [2.05, 4.69) is 15.1 Å². The molecule has 0 fully saturated rings. The highest BCUT2D eigenvalue weighted by molar-refractivity contribution is 6.37. The molecule has 0 amide bonds. The Morgan fingerprint density at radius 1 is 1.04 bits per heavy atom. The molecule has 28 heavy (non-hydrogen) atoms. The van der Waals surface area contributed by atoms with E-state index < -0.39 is 40.0 Å². The van der Waals surface area contributed by atoms with Gasteiger partial charge in [-0.25, -0.2) is 18.4 Å². The van der Waals surface area contributed by atoms with Gasteiger partial charge in [0.25, 0.3) is 0 Å². The van der Waals surface area contributed by atoms with E-state index in [1.54, 1.807) is 6.92 Å². The summed E-state index contributed by atoms with van der Waals surface area (Å²) >= 11 is 6.11. The molecule has 2 aromatic carbocycles. The summed E-state index contributed by atoms with van der Waals surface area (Å²) in [6, 6.07) is 4.32. The number of alkyl halides is 3. The molecule has 1 unspecified atom stereocenters. The van der Waals surface area contributed by atoms with Crippen LogP contribution in [0.5, 0.6) is 0 Å². The summed E-state index contributed by atoms with van der Waals surface area (Å²) in [5.41, 5.74) is -2.22. The first-order valence-corrected chi connectivity index (χ1v) is 8.40. The number of benzene rings is 2. The number of rotatable bonds is 1. The summed E-state index contributed by atoms with van der Waals surface area (Å²) in [4.78, 5) is 8.33. The van der Waals surface area contributed by atoms with Crippen molar-refractivity contribution in [3.8, 4) is 5.69 Å². The van der Waals surface area contributed by atoms with Gasteiger partial charge in [-0.1, -0.05) is 17.7 Å². The minimum absolute atomic E-state index is 0.0938. The smallest absolute Gasteiger partial charge is 0.273 e. The fraction of sp³-hybridized carbons (Fsp3) is 0.167. The van der Waals surface area contributed by atoms with Crippen LogP contribution in [0.15, 0.2) is 41.7 Å². The van der Waals surface area contributed by atoms with Gasteiger partial charge in [0.15, 0.2) is 5.82 Å². The second-order valence-electron chi connectivity index (χ2n) is 6.10. The third-order valence-electron chi connectivity index (χ3n) is 4.36. The first kappa shape index (κ1) is 18.5. The molecule has 0 saturated heterocycles. The lowest BCUT2D eigenvalue weighted by Gasteiger charge is -2.17. The number of fused-ring (bicyclic) bond motifs is 3. The van der Waals surface area contributed by atoms with E-state index in [9.17, 15) is 22.0 Å². The molecule has 0 aliphatic carbocycles. The molecule has 1 aromatic heterocycles. The van der Waals surface area contributed by atoms with Gasteiger partial charge in [0.1, 0.15) is 24.0 Å². The first-order chi connectivity index (χ1) is 13.2. The normalized spacial score (nSPS) is 16.2. The number of halogens is 6. The maximum Gasteiger partial charge on any atom is 0.417 e. The topological polar surface area (TPSA) is 43.1 Å². The minimum Gasteiger partial charge on any atom is -0.273 e. The molecular weight excluding hydrogens is 403 g/mol. The summed E-state index contributed by atoms with van der Waals surface area (Å²) in [6.07, 6.45) is -3.56. The summed E-state index contributed by atoms with van der Waals surface area (Å²) < 4.78 is 70.5. The monoisotopic (exact) mass is 412 g/mol. The van der Waals surface area contributed by atoms with Crippen molar-refractivity contribution in [1.82, 2.24) is 14.8 Å². The zero-order valence-corrected chi connectivity index (χ0v) is 14.9. The fourth-order valence-corrected chi connectivity index (χ4v) is 3.49. The second kappa shape index (κ2) is 6.37. The van der Waals surface area contributed by atoms with E-state index >= 15 is 0 Å². The lowest BCUT2D eigenvalue weighted by molar-refractivity contribution is -0.137. The van der Waals surface area contributed by atoms with E-state index in [1.807, 2.05) is 0 Å². The Balaban J connectivity index is 2.13. The average molecular weight is 413 g/mol. The Labute approximate surface area is 160 Å². The van der Waals surface area contributed by atoms with Crippen LogP contribution in [-0.4, -0.2) is 20.5 Å². The van der Waals surface area contributed by atoms with Crippen LogP contribution in [0.3, 0.4) is 0 Å². The van der Waals surface area contributed by atoms with Crippen molar-refractivity contribution in [3.63, 3.8) is 0 Å². The molecule has 2 heterocycles.